The van der Waals surface area contributed by atoms with Crippen molar-refractivity contribution in [1.82, 2.24) is 0 Å². The number of benzene rings is 1. The number of hydrogen-bond acceptors (Lipinski definition) is 4. The van der Waals surface area contributed by atoms with E-state index in [1.54, 1.807) is 31.2 Å². The summed E-state index contributed by atoms with van der Waals surface area (Å²) in [5.41, 5.74) is 0.500. The molecule has 0 heterocycles. The molecular weight excluding hydrogens is 262 g/mol. The first-order valence-electron chi connectivity index (χ1n) is 4.96. The maximum Gasteiger partial charge on any atom is 0.232 e. The topological polar surface area (TPSA) is 67.2 Å². The zero-order valence-corrected chi connectivity index (χ0v) is 10.8. The van der Waals surface area contributed by atoms with Gasteiger partial charge < -0.3 is 4.74 Å². The lowest BCUT2D eigenvalue weighted by Crippen LogP contribution is -2.16. The van der Waals surface area contributed by atoms with E-state index in [9.17, 15) is 8.42 Å². The second kappa shape index (κ2) is 5.89. The van der Waals surface area contributed by atoms with Crippen molar-refractivity contribution >= 4 is 19.7 Å². The molecule has 0 radical (unpaired) electrons. The van der Waals surface area contributed by atoms with Crippen molar-refractivity contribution < 1.29 is 13.2 Å². The summed E-state index contributed by atoms with van der Waals surface area (Å²) in [5.74, 6) is 0.207. The second-order valence-corrected chi connectivity index (χ2v) is 6.58. The Kier molecular flexibility index (Phi) is 4.79. The van der Waals surface area contributed by atoms with E-state index >= 15 is 0 Å². The Bertz CT molecular complexity index is 522. The predicted molar refractivity (Wildman–Crippen MR) is 65.5 cm³/mol. The van der Waals surface area contributed by atoms with Gasteiger partial charge in [0.1, 0.15) is 5.75 Å². The van der Waals surface area contributed by atoms with Gasteiger partial charge in [-0.2, -0.15) is 5.26 Å². The van der Waals surface area contributed by atoms with E-state index < -0.39 is 9.05 Å². The van der Waals surface area contributed by atoms with E-state index in [1.165, 1.54) is 0 Å². The van der Waals surface area contributed by atoms with Crippen molar-refractivity contribution in [3.8, 4) is 11.8 Å². The molecule has 0 aliphatic heterocycles. The summed E-state index contributed by atoms with van der Waals surface area (Å²) >= 11 is 0. The predicted octanol–water partition coefficient (Wildman–Crippen LogP) is 2.14. The van der Waals surface area contributed by atoms with Crippen LogP contribution in [0.3, 0.4) is 0 Å². The zero-order valence-electron chi connectivity index (χ0n) is 9.26. The van der Waals surface area contributed by atoms with Crippen LogP contribution in [0.25, 0.3) is 0 Å². The lowest BCUT2D eigenvalue weighted by Gasteiger charge is -2.11. The SMILES string of the molecule is CC(COc1cccc(C#N)c1)CS(=O)(=O)Cl. The molecule has 0 bridgehead atoms. The van der Waals surface area contributed by atoms with Crippen LogP contribution in [0.5, 0.6) is 5.75 Å². The van der Waals surface area contributed by atoms with Gasteiger partial charge in [0.15, 0.2) is 0 Å². The molecule has 4 nitrogen and oxygen atoms in total. The standard InChI is InChI=1S/C11H12ClNO3S/c1-9(8-17(12,14)15)7-16-11-4-2-3-10(5-11)6-13/h2-5,9H,7-8H2,1H3. The van der Waals surface area contributed by atoms with Gasteiger partial charge in [0, 0.05) is 16.6 Å². The van der Waals surface area contributed by atoms with Gasteiger partial charge in [-0.25, -0.2) is 8.42 Å². The molecule has 0 amide bonds. The van der Waals surface area contributed by atoms with Crippen molar-refractivity contribution in [2.75, 3.05) is 12.4 Å². The van der Waals surface area contributed by atoms with Crippen LogP contribution < -0.4 is 4.74 Å². The highest BCUT2D eigenvalue weighted by Gasteiger charge is 2.13. The van der Waals surface area contributed by atoms with E-state index in [2.05, 4.69) is 0 Å². The molecule has 17 heavy (non-hydrogen) atoms. The highest BCUT2D eigenvalue weighted by Crippen LogP contribution is 2.14. The van der Waals surface area contributed by atoms with Gasteiger partial charge in [0.05, 0.1) is 24.0 Å². The van der Waals surface area contributed by atoms with Crippen LogP contribution in [-0.4, -0.2) is 20.8 Å². The molecule has 0 aliphatic rings. The summed E-state index contributed by atoms with van der Waals surface area (Å²) in [6, 6.07) is 8.68. The largest absolute Gasteiger partial charge is 0.493 e. The van der Waals surface area contributed by atoms with Gasteiger partial charge in [-0.05, 0) is 18.2 Å². The molecule has 1 unspecified atom stereocenters. The molecule has 0 N–H and O–H groups in total. The first-order valence-corrected chi connectivity index (χ1v) is 7.44. The van der Waals surface area contributed by atoms with E-state index in [4.69, 9.17) is 20.7 Å². The first-order chi connectivity index (χ1) is 7.90. The Labute approximate surface area is 105 Å². The molecule has 1 atom stereocenters. The summed E-state index contributed by atoms with van der Waals surface area (Å²) in [5, 5.41) is 8.69. The van der Waals surface area contributed by atoms with Gasteiger partial charge in [-0.1, -0.05) is 13.0 Å². The highest BCUT2D eigenvalue weighted by atomic mass is 35.7. The van der Waals surface area contributed by atoms with Gasteiger partial charge >= 0.3 is 0 Å². The average molecular weight is 274 g/mol. The molecule has 0 spiro atoms. The summed E-state index contributed by atoms with van der Waals surface area (Å²) in [7, 11) is 1.63. The lowest BCUT2D eigenvalue weighted by molar-refractivity contribution is 0.272. The molecule has 0 aliphatic carbocycles. The average Bonchev–Trinajstić information content (AvgIpc) is 2.24. The van der Waals surface area contributed by atoms with Crippen molar-refractivity contribution in [3.63, 3.8) is 0 Å². The minimum atomic E-state index is -3.50. The molecule has 6 heteroatoms. The Morgan fingerprint density at radius 3 is 2.82 bits per heavy atom. The van der Waals surface area contributed by atoms with Crippen LogP contribution in [0.4, 0.5) is 0 Å². The fraction of sp³-hybridized carbons (Fsp3) is 0.364. The van der Waals surface area contributed by atoms with Crippen LogP contribution in [0, 0.1) is 17.2 Å². The normalized spacial score (nSPS) is 12.8. The number of nitriles is 1. The van der Waals surface area contributed by atoms with Gasteiger partial charge in [0.25, 0.3) is 0 Å². The number of hydrogen-bond donors (Lipinski definition) is 0. The van der Waals surface area contributed by atoms with E-state index in [1.807, 2.05) is 6.07 Å². The summed E-state index contributed by atoms with van der Waals surface area (Å²) in [4.78, 5) is 0. The minimum Gasteiger partial charge on any atom is -0.493 e. The smallest absolute Gasteiger partial charge is 0.232 e. The molecule has 1 aromatic carbocycles. The van der Waals surface area contributed by atoms with E-state index in [-0.39, 0.29) is 18.3 Å². The summed E-state index contributed by atoms with van der Waals surface area (Å²) in [6.07, 6.45) is 0. The van der Waals surface area contributed by atoms with Gasteiger partial charge in [-0.3, -0.25) is 0 Å². The number of ether oxygens (including phenoxy) is 1. The van der Waals surface area contributed by atoms with Crippen LogP contribution >= 0.6 is 10.7 Å². The van der Waals surface area contributed by atoms with E-state index in [0.717, 1.165) is 0 Å². The molecule has 0 fully saturated rings. The Morgan fingerprint density at radius 1 is 1.53 bits per heavy atom. The van der Waals surface area contributed by atoms with Crippen molar-refractivity contribution in [3.05, 3.63) is 29.8 Å². The summed E-state index contributed by atoms with van der Waals surface area (Å²) < 4.78 is 27.0. The second-order valence-electron chi connectivity index (χ2n) is 3.76. The van der Waals surface area contributed by atoms with Gasteiger partial charge in [-0.15, -0.1) is 0 Å². The van der Waals surface area contributed by atoms with Crippen LogP contribution in [-0.2, 0) is 9.05 Å². The minimum absolute atomic E-state index is 0.132. The molecule has 1 aromatic rings. The van der Waals surface area contributed by atoms with Crippen LogP contribution in [0.2, 0.25) is 0 Å². The van der Waals surface area contributed by atoms with Crippen molar-refractivity contribution in [2.45, 2.75) is 6.92 Å². The van der Waals surface area contributed by atoms with Crippen molar-refractivity contribution in [2.24, 2.45) is 5.92 Å². The number of nitrogens with zero attached hydrogens (tertiary/aromatic N) is 1. The van der Waals surface area contributed by atoms with Crippen LogP contribution in [0.1, 0.15) is 12.5 Å². The number of halogens is 1. The third-order valence-electron chi connectivity index (χ3n) is 1.98. The fourth-order valence-electron chi connectivity index (χ4n) is 1.28. The Hall–Kier alpha value is -1.25. The Morgan fingerprint density at radius 2 is 2.24 bits per heavy atom. The highest BCUT2D eigenvalue weighted by molar-refractivity contribution is 8.13. The van der Waals surface area contributed by atoms with Gasteiger partial charge in [0.2, 0.25) is 9.05 Å². The maximum absolute atomic E-state index is 10.8. The van der Waals surface area contributed by atoms with E-state index in [0.29, 0.717) is 11.3 Å². The third-order valence-corrected chi connectivity index (χ3v) is 3.33. The van der Waals surface area contributed by atoms with Crippen molar-refractivity contribution in [1.29, 1.82) is 5.26 Å². The molecule has 1 rings (SSSR count). The third kappa shape index (κ3) is 5.57. The fourth-order valence-corrected chi connectivity index (χ4v) is 2.70. The Balaban J connectivity index is 2.53. The number of rotatable bonds is 5. The first kappa shape index (κ1) is 13.8. The summed E-state index contributed by atoms with van der Waals surface area (Å²) in [6.45, 7) is 1.97. The molecule has 0 saturated carbocycles. The monoisotopic (exact) mass is 273 g/mol. The quantitative estimate of drug-likeness (QED) is 0.771. The molecule has 0 saturated heterocycles. The molecular formula is C11H12ClNO3S. The zero-order chi connectivity index (χ0) is 12.9. The molecule has 0 aromatic heterocycles. The maximum atomic E-state index is 10.8. The molecule has 92 valence electrons. The van der Waals surface area contributed by atoms with Crippen LogP contribution in [0.15, 0.2) is 24.3 Å². The lowest BCUT2D eigenvalue weighted by atomic mass is 10.2.